The van der Waals surface area contributed by atoms with Gasteiger partial charge in [0.25, 0.3) is 0 Å². The van der Waals surface area contributed by atoms with E-state index in [0.29, 0.717) is 33.4 Å². The Balaban J connectivity index is 1.10. The summed E-state index contributed by atoms with van der Waals surface area (Å²) in [6.07, 6.45) is -1.10. The van der Waals surface area contributed by atoms with E-state index >= 15 is 0 Å². The summed E-state index contributed by atoms with van der Waals surface area (Å²) in [6, 6.07) is 25.6. The van der Waals surface area contributed by atoms with Gasteiger partial charge in [-0.3, -0.25) is 9.68 Å². The number of hydrogen-bond donors (Lipinski definition) is 0. The van der Waals surface area contributed by atoms with Gasteiger partial charge in [-0.1, -0.05) is 56.5 Å². The Morgan fingerprint density at radius 1 is 0.500 bits per heavy atom. The summed E-state index contributed by atoms with van der Waals surface area (Å²) < 4.78 is 3.29. The number of aromatic nitrogens is 12. The fourth-order valence-corrected chi connectivity index (χ4v) is 4.55. The van der Waals surface area contributed by atoms with Crippen LogP contribution in [0.15, 0.2) is 84.9 Å². The van der Waals surface area contributed by atoms with Crippen LogP contribution in [0.2, 0.25) is 0 Å². The molecule has 0 bridgehead atoms. The molecule has 15 nitrogen and oxygen atoms in total. The monoisotopic (exact) mass is 530 g/mol. The Bertz CT molecular complexity index is 2070. The van der Waals surface area contributed by atoms with Gasteiger partial charge in [-0.25, -0.2) is 9.36 Å². The first-order chi connectivity index (χ1) is 19.7. The molecule has 0 amide bonds. The summed E-state index contributed by atoms with van der Waals surface area (Å²) in [4.78, 5) is 25.4. The first-order valence-electron chi connectivity index (χ1n) is 12.0. The van der Waals surface area contributed by atoms with Crippen LogP contribution in [0, 0.1) is 0 Å². The van der Waals surface area contributed by atoms with Gasteiger partial charge in [0.1, 0.15) is 33.1 Å². The highest BCUT2D eigenvalue weighted by atomic mass is 16.9. The molecule has 192 valence electrons. The summed E-state index contributed by atoms with van der Waals surface area (Å²) in [7, 11) is 0. The van der Waals surface area contributed by atoms with Crippen molar-refractivity contribution in [3.05, 3.63) is 84.9 Å². The van der Waals surface area contributed by atoms with Crippen LogP contribution < -0.4 is 9.68 Å². The average Bonchev–Trinajstić information content (AvgIpc) is 3.78. The quantitative estimate of drug-likeness (QED) is 0.307. The van der Waals surface area contributed by atoms with Gasteiger partial charge < -0.3 is 0 Å². The Morgan fingerprint density at radius 3 is 1.45 bits per heavy atom. The third kappa shape index (κ3) is 3.27. The zero-order chi connectivity index (χ0) is 26.6. The number of fused-ring (bicyclic) bond motifs is 4. The second-order valence-corrected chi connectivity index (χ2v) is 8.63. The van der Waals surface area contributed by atoms with Crippen LogP contribution in [0.5, 0.6) is 0 Å². The lowest BCUT2D eigenvalue weighted by atomic mass is 10.2. The molecule has 8 aromatic rings. The maximum atomic E-state index is 12.8. The van der Waals surface area contributed by atoms with Crippen molar-refractivity contribution in [2.75, 3.05) is 0 Å². The Hall–Kier alpha value is -6.25. The van der Waals surface area contributed by atoms with Crippen molar-refractivity contribution < 1.29 is 14.5 Å². The molecule has 4 heterocycles. The number of hydrogen-bond acceptors (Lipinski definition) is 11. The van der Waals surface area contributed by atoms with Crippen molar-refractivity contribution in [2.24, 2.45) is 0 Å². The average molecular weight is 530 g/mol. The number of carbonyl (C=O) groups is 1. The van der Waals surface area contributed by atoms with Crippen LogP contribution in [0.3, 0.4) is 0 Å². The molecule has 4 aromatic heterocycles. The fourth-order valence-electron chi connectivity index (χ4n) is 4.55. The zero-order valence-corrected chi connectivity index (χ0v) is 20.2. The highest BCUT2D eigenvalue weighted by Crippen LogP contribution is 2.24. The van der Waals surface area contributed by atoms with E-state index in [1.54, 1.807) is 33.6 Å². The summed E-state index contributed by atoms with van der Waals surface area (Å²) in [5, 5.41) is 33.2. The molecule has 0 spiro atoms. The number of rotatable bonds is 4. The third-order valence-electron chi connectivity index (χ3n) is 6.33. The normalized spacial score (nSPS) is 11.6. The molecule has 15 heteroatoms. The Morgan fingerprint density at radius 2 is 0.950 bits per heavy atom. The molecule has 40 heavy (non-hydrogen) atoms. The molecule has 0 unspecified atom stereocenters. The van der Waals surface area contributed by atoms with E-state index in [1.807, 2.05) is 60.7 Å². The van der Waals surface area contributed by atoms with Crippen molar-refractivity contribution in [3.63, 3.8) is 0 Å². The zero-order valence-electron chi connectivity index (χ0n) is 20.2. The minimum Gasteiger partial charge on any atom is -0.280 e. The van der Waals surface area contributed by atoms with Crippen LogP contribution in [0.25, 0.3) is 55.5 Å². The highest BCUT2D eigenvalue weighted by Gasteiger charge is 2.20. The van der Waals surface area contributed by atoms with Crippen molar-refractivity contribution >= 4 is 50.3 Å². The van der Waals surface area contributed by atoms with Gasteiger partial charge in [-0.2, -0.15) is 4.79 Å². The molecular weight excluding hydrogens is 516 g/mol. The lowest BCUT2D eigenvalue weighted by Crippen LogP contribution is -2.30. The molecule has 0 radical (unpaired) electrons. The van der Waals surface area contributed by atoms with Crippen molar-refractivity contribution in [1.82, 2.24) is 60.3 Å². The fraction of sp³-hybridized carbons (Fsp3) is 0. The Kier molecular flexibility index (Phi) is 4.57. The van der Waals surface area contributed by atoms with Crippen LogP contribution in [-0.4, -0.2) is 66.5 Å². The molecule has 0 aliphatic heterocycles. The van der Waals surface area contributed by atoms with Crippen LogP contribution in [0.4, 0.5) is 4.79 Å². The van der Waals surface area contributed by atoms with E-state index in [-0.39, 0.29) is 0 Å². The molecule has 0 aliphatic carbocycles. The van der Waals surface area contributed by atoms with E-state index in [0.717, 1.165) is 31.8 Å². The van der Waals surface area contributed by atoms with E-state index in [4.69, 9.17) is 9.68 Å². The standard InChI is InChI=1S/C25H14N12O3/c38-25(39-36-21-13-5-11-19(23(21)28-32-36)34-17-9-3-1-7-15(17)26-30-34)40-37-22-14-6-12-20(24(22)29-33-37)35-18-10-4-2-8-16(18)27-31-35/h1-14H. The molecule has 4 aromatic carbocycles. The number of carbonyl (C=O) groups excluding carboxylic acids is 1. The van der Waals surface area contributed by atoms with E-state index < -0.39 is 6.16 Å². The lowest BCUT2D eigenvalue weighted by molar-refractivity contribution is 0.0262. The summed E-state index contributed by atoms with van der Waals surface area (Å²) in [5.74, 6) is 0. The smallest absolute Gasteiger partial charge is 0.280 e. The maximum Gasteiger partial charge on any atom is 0.562 e. The predicted molar refractivity (Wildman–Crippen MR) is 138 cm³/mol. The van der Waals surface area contributed by atoms with Crippen LogP contribution in [-0.2, 0) is 0 Å². The second kappa shape index (κ2) is 8.38. The number of para-hydroxylation sites is 2. The molecule has 0 N–H and O–H groups in total. The van der Waals surface area contributed by atoms with E-state index in [9.17, 15) is 4.79 Å². The first kappa shape index (κ1) is 21.8. The predicted octanol–water partition coefficient (Wildman–Crippen LogP) is 2.32. The van der Waals surface area contributed by atoms with E-state index in [1.165, 1.54) is 0 Å². The van der Waals surface area contributed by atoms with Gasteiger partial charge in [0.05, 0.1) is 22.4 Å². The third-order valence-corrected chi connectivity index (χ3v) is 6.33. The minimum atomic E-state index is -1.10. The molecule has 0 saturated heterocycles. The summed E-state index contributed by atoms with van der Waals surface area (Å²) in [5.41, 5.74) is 6.00. The maximum absolute atomic E-state index is 12.8. The SMILES string of the molecule is O=C(On1nnc2c(-n3nnc4ccccc43)cccc21)On1nnc2c(-n3nnc4ccccc43)cccc21. The van der Waals surface area contributed by atoms with E-state index in [2.05, 4.69) is 41.2 Å². The highest BCUT2D eigenvalue weighted by molar-refractivity contribution is 5.88. The van der Waals surface area contributed by atoms with Gasteiger partial charge >= 0.3 is 6.16 Å². The van der Waals surface area contributed by atoms with Gasteiger partial charge in [-0.05, 0) is 59.0 Å². The van der Waals surface area contributed by atoms with Gasteiger partial charge in [0, 0.05) is 0 Å². The van der Waals surface area contributed by atoms with Gasteiger partial charge in [0.15, 0.2) is 0 Å². The molecule has 8 rings (SSSR count). The molecule has 0 aliphatic rings. The summed E-state index contributed by atoms with van der Waals surface area (Å²) >= 11 is 0. The van der Waals surface area contributed by atoms with Gasteiger partial charge in [-0.15, -0.1) is 20.4 Å². The molecule has 0 saturated carbocycles. The van der Waals surface area contributed by atoms with Crippen molar-refractivity contribution in [2.45, 2.75) is 0 Å². The molecular formula is C25H14N12O3. The molecule has 0 atom stereocenters. The minimum absolute atomic E-state index is 0.415. The van der Waals surface area contributed by atoms with Gasteiger partial charge in [0.2, 0.25) is 0 Å². The number of nitrogens with zero attached hydrogens (tertiary/aromatic N) is 12. The molecule has 0 fully saturated rings. The topological polar surface area (TPSA) is 158 Å². The summed E-state index contributed by atoms with van der Waals surface area (Å²) in [6.45, 7) is 0. The lowest BCUT2D eigenvalue weighted by Gasteiger charge is -2.06. The van der Waals surface area contributed by atoms with Crippen LogP contribution in [0.1, 0.15) is 0 Å². The Labute approximate surface area is 221 Å². The second-order valence-electron chi connectivity index (χ2n) is 8.63. The van der Waals surface area contributed by atoms with Crippen molar-refractivity contribution in [3.8, 4) is 11.4 Å². The number of benzene rings is 4. The first-order valence-corrected chi connectivity index (χ1v) is 12.0. The van der Waals surface area contributed by atoms with Crippen LogP contribution >= 0.6 is 0 Å². The van der Waals surface area contributed by atoms with Crippen molar-refractivity contribution in [1.29, 1.82) is 0 Å². The largest absolute Gasteiger partial charge is 0.562 e.